The standard InChI is InChI=1S/C7H15N4/c1-4-5-11(8)7(3)9-6(2)10-11/h4-5,8H2,1-3H3/q+1. The van der Waals surface area contributed by atoms with Crippen LogP contribution < -0.4 is 5.84 Å². The minimum Gasteiger partial charge on any atom is -0.176 e. The Bertz CT molecular complexity index is 218. The van der Waals surface area contributed by atoms with E-state index in [2.05, 4.69) is 17.0 Å². The first-order valence-corrected chi connectivity index (χ1v) is 3.88. The van der Waals surface area contributed by atoms with Gasteiger partial charge in [-0.1, -0.05) is 11.6 Å². The van der Waals surface area contributed by atoms with E-state index < -0.39 is 0 Å². The Morgan fingerprint density at radius 2 is 2.09 bits per heavy atom. The summed E-state index contributed by atoms with van der Waals surface area (Å²) in [7, 11) is 0. The average molecular weight is 155 g/mol. The van der Waals surface area contributed by atoms with Gasteiger partial charge in [0.2, 0.25) is 5.84 Å². The van der Waals surface area contributed by atoms with Crippen LogP contribution in [0.2, 0.25) is 0 Å². The Labute approximate surface area is 67.0 Å². The number of nitrogens with zero attached hydrogens (tertiary/aromatic N) is 3. The van der Waals surface area contributed by atoms with Crippen LogP contribution in [0.25, 0.3) is 0 Å². The van der Waals surface area contributed by atoms with Crippen molar-refractivity contribution in [1.29, 1.82) is 0 Å². The molecule has 1 heterocycles. The lowest BCUT2D eigenvalue weighted by molar-refractivity contribution is -0.858. The molecular weight excluding hydrogens is 140 g/mol. The van der Waals surface area contributed by atoms with Crippen LogP contribution in [0, 0.1) is 0 Å². The molecule has 1 rings (SSSR count). The molecule has 1 aliphatic heterocycles. The van der Waals surface area contributed by atoms with Crippen molar-refractivity contribution in [1.82, 2.24) is 0 Å². The van der Waals surface area contributed by atoms with Gasteiger partial charge < -0.3 is 0 Å². The summed E-state index contributed by atoms with van der Waals surface area (Å²) in [6, 6.07) is 0. The van der Waals surface area contributed by atoms with Gasteiger partial charge in [-0.25, -0.2) is 0 Å². The van der Waals surface area contributed by atoms with Gasteiger partial charge in [0, 0.05) is 13.8 Å². The molecule has 0 amide bonds. The number of nitrogens with two attached hydrogens (primary N) is 1. The Morgan fingerprint density at radius 3 is 2.45 bits per heavy atom. The predicted octanol–water partition coefficient (Wildman–Crippen LogP) is 0.852. The summed E-state index contributed by atoms with van der Waals surface area (Å²) in [6.45, 7) is 6.69. The molecule has 0 aromatic carbocycles. The van der Waals surface area contributed by atoms with E-state index in [0.29, 0.717) is 0 Å². The van der Waals surface area contributed by atoms with Gasteiger partial charge >= 0.3 is 0 Å². The van der Waals surface area contributed by atoms with Crippen molar-refractivity contribution in [3.8, 4) is 0 Å². The van der Waals surface area contributed by atoms with E-state index in [1.165, 1.54) is 0 Å². The Hall–Kier alpha value is -0.740. The van der Waals surface area contributed by atoms with Crippen LogP contribution >= 0.6 is 0 Å². The quantitative estimate of drug-likeness (QED) is 0.466. The highest BCUT2D eigenvalue weighted by molar-refractivity contribution is 5.94. The van der Waals surface area contributed by atoms with Crippen LogP contribution in [0.3, 0.4) is 0 Å². The summed E-state index contributed by atoms with van der Waals surface area (Å²) in [5.41, 5.74) is 0. The minimum atomic E-state index is 0.155. The van der Waals surface area contributed by atoms with Gasteiger partial charge in [0.05, 0.1) is 0 Å². The van der Waals surface area contributed by atoms with Gasteiger partial charge in [-0.15, -0.1) is 5.84 Å². The van der Waals surface area contributed by atoms with E-state index in [1.807, 2.05) is 13.8 Å². The minimum absolute atomic E-state index is 0.155. The number of hydrogen-bond acceptors (Lipinski definition) is 3. The average Bonchev–Trinajstić information content (AvgIpc) is 2.08. The third-order valence-corrected chi connectivity index (χ3v) is 1.77. The fraction of sp³-hybridized carbons (Fsp3) is 0.714. The van der Waals surface area contributed by atoms with E-state index in [0.717, 1.165) is 24.6 Å². The molecule has 2 N–H and O–H groups in total. The molecule has 11 heavy (non-hydrogen) atoms. The van der Waals surface area contributed by atoms with Gasteiger partial charge in [0.1, 0.15) is 6.54 Å². The van der Waals surface area contributed by atoms with E-state index in [-0.39, 0.29) is 4.70 Å². The summed E-state index contributed by atoms with van der Waals surface area (Å²) >= 11 is 0. The second kappa shape index (κ2) is 2.71. The first-order valence-electron chi connectivity index (χ1n) is 3.88. The number of quaternary nitrogens is 1. The largest absolute Gasteiger partial charge is 0.248 e. The molecule has 0 aliphatic carbocycles. The zero-order chi connectivity index (χ0) is 8.48. The van der Waals surface area contributed by atoms with Gasteiger partial charge in [0.25, 0.3) is 0 Å². The van der Waals surface area contributed by atoms with Crippen LogP contribution in [-0.4, -0.2) is 22.9 Å². The van der Waals surface area contributed by atoms with Crippen molar-refractivity contribution in [2.45, 2.75) is 27.2 Å². The van der Waals surface area contributed by atoms with E-state index in [1.54, 1.807) is 0 Å². The number of hydrogen-bond donors (Lipinski definition) is 1. The van der Waals surface area contributed by atoms with Crippen molar-refractivity contribution in [2.24, 2.45) is 15.9 Å². The number of rotatable bonds is 2. The molecule has 0 saturated carbocycles. The summed E-state index contributed by atoms with van der Waals surface area (Å²) in [6.07, 6.45) is 1.01. The third kappa shape index (κ3) is 1.46. The first kappa shape index (κ1) is 8.36. The topological polar surface area (TPSA) is 50.7 Å². The molecule has 0 spiro atoms. The van der Waals surface area contributed by atoms with Gasteiger partial charge in [-0.3, -0.25) is 0 Å². The first-order chi connectivity index (χ1) is 5.08. The maximum atomic E-state index is 5.92. The molecular formula is C7H15N4+. The molecule has 4 heteroatoms. The second-order valence-corrected chi connectivity index (χ2v) is 2.86. The van der Waals surface area contributed by atoms with E-state index in [9.17, 15) is 0 Å². The number of aliphatic imine (C=N–C) groups is 1. The molecule has 62 valence electrons. The van der Waals surface area contributed by atoms with Gasteiger partial charge in [-0.2, -0.15) is 4.99 Å². The smallest absolute Gasteiger partial charge is 0.176 e. The summed E-state index contributed by atoms with van der Waals surface area (Å²) in [4.78, 5) is 4.17. The molecule has 0 bridgehead atoms. The van der Waals surface area contributed by atoms with Crippen molar-refractivity contribution >= 4 is 11.7 Å². The highest BCUT2D eigenvalue weighted by Gasteiger charge is 2.31. The van der Waals surface area contributed by atoms with Crippen molar-refractivity contribution in [3.63, 3.8) is 0 Å². The molecule has 0 aromatic heterocycles. The summed E-state index contributed by atoms with van der Waals surface area (Å²) in [5, 5.41) is 4.22. The fourth-order valence-electron chi connectivity index (χ4n) is 1.23. The number of amidine groups is 2. The Morgan fingerprint density at radius 1 is 1.45 bits per heavy atom. The normalized spacial score (nSPS) is 30.2. The highest BCUT2D eigenvalue weighted by Crippen LogP contribution is 2.11. The maximum Gasteiger partial charge on any atom is 0.248 e. The van der Waals surface area contributed by atoms with Gasteiger partial charge in [0.15, 0.2) is 5.84 Å². The van der Waals surface area contributed by atoms with Crippen LogP contribution in [0.5, 0.6) is 0 Å². The van der Waals surface area contributed by atoms with Crippen LogP contribution in [0.1, 0.15) is 27.2 Å². The summed E-state index contributed by atoms with van der Waals surface area (Å²) < 4.78 is 0.155. The lowest BCUT2D eigenvalue weighted by Crippen LogP contribution is -2.51. The molecule has 0 saturated heterocycles. The second-order valence-electron chi connectivity index (χ2n) is 2.86. The molecule has 1 atom stereocenters. The predicted molar refractivity (Wildman–Crippen MR) is 45.8 cm³/mol. The molecule has 4 nitrogen and oxygen atoms in total. The van der Waals surface area contributed by atoms with Crippen molar-refractivity contribution in [2.75, 3.05) is 6.54 Å². The van der Waals surface area contributed by atoms with Crippen molar-refractivity contribution in [3.05, 3.63) is 0 Å². The molecule has 0 fully saturated rings. The Kier molecular flexibility index (Phi) is 2.06. The third-order valence-electron chi connectivity index (χ3n) is 1.77. The molecule has 0 radical (unpaired) electrons. The maximum absolute atomic E-state index is 5.92. The zero-order valence-electron chi connectivity index (χ0n) is 7.33. The fourth-order valence-corrected chi connectivity index (χ4v) is 1.23. The lowest BCUT2D eigenvalue weighted by atomic mass is 10.4. The zero-order valence-corrected chi connectivity index (χ0v) is 7.33. The van der Waals surface area contributed by atoms with Crippen LogP contribution in [0.15, 0.2) is 10.1 Å². The van der Waals surface area contributed by atoms with Crippen LogP contribution in [-0.2, 0) is 0 Å². The molecule has 1 unspecified atom stereocenters. The lowest BCUT2D eigenvalue weighted by Gasteiger charge is -2.19. The Balaban J connectivity index is 2.81. The SMILES string of the molecule is CCC[N+]1(N)N=C(C)N=C1C. The van der Waals surface area contributed by atoms with E-state index >= 15 is 0 Å². The summed E-state index contributed by atoms with van der Waals surface area (Å²) in [5.74, 6) is 7.58. The molecule has 0 aromatic rings. The van der Waals surface area contributed by atoms with Gasteiger partial charge in [-0.05, 0) is 11.5 Å². The molecule has 1 aliphatic rings. The van der Waals surface area contributed by atoms with E-state index in [4.69, 9.17) is 5.84 Å². The monoisotopic (exact) mass is 155 g/mol. The highest BCUT2D eigenvalue weighted by atomic mass is 15.8. The van der Waals surface area contributed by atoms with Crippen LogP contribution in [0.4, 0.5) is 0 Å². The van der Waals surface area contributed by atoms with Crippen molar-refractivity contribution < 1.29 is 4.70 Å².